The first-order valence-corrected chi connectivity index (χ1v) is 36.1. The van der Waals surface area contributed by atoms with Crippen LogP contribution in [0.5, 0.6) is 0 Å². The highest BCUT2D eigenvalue weighted by atomic mass is 31.2. The Bertz CT molecular complexity index is 1600. The number of aliphatic hydroxyl groups is 1. The van der Waals surface area contributed by atoms with Crippen LogP contribution in [0.25, 0.3) is 0 Å². The first-order valence-electron chi connectivity index (χ1n) is 33.1. The van der Waals surface area contributed by atoms with E-state index in [1.807, 2.05) is 0 Å². The maximum atomic E-state index is 12.9. The lowest BCUT2D eigenvalue weighted by Crippen LogP contribution is -2.30. The Balaban J connectivity index is 5.12. The standard InChI is InChI=1S/C63H122O17P2/c1-6-9-12-15-18-31-36-41-46-60(65)73-52-58(79-62(67)48-43-38-33-20-17-14-11-8-3)54-77-81(69,70)75-50-57(64)51-76-82(71,72)78-55-59(53-74-61(66)47-42-37-32-19-16-13-10-7-2)80-63(68)49-44-39-34-29-27-25-23-21-22-24-26-28-30-35-40-45-56(4)5/h56-59,64H,6-55H2,1-5H3,(H,69,70)(H,71,72)/t57-,58+,59+/m0/s1. The average Bonchev–Trinajstić information content (AvgIpc) is 3.44. The predicted octanol–water partition coefficient (Wildman–Crippen LogP) is 17.4. The summed E-state index contributed by atoms with van der Waals surface area (Å²) >= 11 is 0. The third kappa shape index (κ3) is 57.2. The lowest BCUT2D eigenvalue weighted by Gasteiger charge is -2.21. The third-order valence-corrected chi connectivity index (χ3v) is 16.4. The van der Waals surface area contributed by atoms with Gasteiger partial charge in [0.25, 0.3) is 0 Å². The lowest BCUT2D eigenvalue weighted by atomic mass is 10.0. The number of aliphatic hydroxyl groups excluding tert-OH is 1. The molecule has 3 N–H and O–H groups in total. The molecule has 2 unspecified atom stereocenters. The van der Waals surface area contributed by atoms with Gasteiger partial charge in [0.05, 0.1) is 26.4 Å². The van der Waals surface area contributed by atoms with Gasteiger partial charge < -0.3 is 33.8 Å². The van der Waals surface area contributed by atoms with Crippen LogP contribution in [-0.4, -0.2) is 96.7 Å². The van der Waals surface area contributed by atoms with Crippen LogP contribution in [0.1, 0.15) is 317 Å². The van der Waals surface area contributed by atoms with Crippen LogP contribution in [0, 0.1) is 5.92 Å². The Morgan fingerprint density at radius 1 is 0.329 bits per heavy atom. The number of hydrogen-bond donors (Lipinski definition) is 3. The van der Waals surface area contributed by atoms with Gasteiger partial charge in [0.15, 0.2) is 12.2 Å². The van der Waals surface area contributed by atoms with Crippen molar-refractivity contribution in [3.63, 3.8) is 0 Å². The number of phosphoric acid groups is 2. The molecule has 0 rings (SSSR count). The maximum Gasteiger partial charge on any atom is 0.472 e. The quantitative estimate of drug-likeness (QED) is 0.0222. The third-order valence-electron chi connectivity index (χ3n) is 14.5. The first kappa shape index (κ1) is 80.1. The van der Waals surface area contributed by atoms with Gasteiger partial charge >= 0.3 is 39.5 Å². The van der Waals surface area contributed by atoms with Gasteiger partial charge in [0, 0.05) is 25.7 Å². The molecule has 0 heterocycles. The monoisotopic (exact) mass is 1210 g/mol. The molecule has 0 fully saturated rings. The second kappa shape index (κ2) is 56.8. The minimum absolute atomic E-state index is 0.105. The van der Waals surface area contributed by atoms with E-state index in [2.05, 4.69) is 34.6 Å². The van der Waals surface area contributed by atoms with Gasteiger partial charge in [-0.3, -0.25) is 37.3 Å². The summed E-state index contributed by atoms with van der Waals surface area (Å²) in [6.07, 6.45) is 40.5. The van der Waals surface area contributed by atoms with Crippen molar-refractivity contribution in [2.45, 2.75) is 335 Å². The number of phosphoric ester groups is 2. The fraction of sp³-hybridized carbons (Fsp3) is 0.937. The summed E-state index contributed by atoms with van der Waals surface area (Å²) in [5, 5.41) is 10.5. The molecule has 0 saturated heterocycles. The molecule has 0 saturated carbocycles. The summed E-state index contributed by atoms with van der Waals surface area (Å²) in [5.41, 5.74) is 0. The second-order valence-electron chi connectivity index (χ2n) is 23.3. The number of ether oxygens (including phenoxy) is 4. The zero-order chi connectivity index (χ0) is 60.6. The van der Waals surface area contributed by atoms with Gasteiger partial charge in [-0.1, -0.05) is 266 Å². The Labute approximate surface area is 498 Å². The number of carbonyl (C=O) groups excluding carboxylic acids is 4. The summed E-state index contributed by atoms with van der Waals surface area (Å²) in [7, 11) is -9.87. The molecule has 0 spiro atoms. The molecule has 0 amide bonds. The molecule has 0 aromatic carbocycles. The smallest absolute Gasteiger partial charge is 0.462 e. The number of unbranched alkanes of at least 4 members (excludes halogenated alkanes) is 35. The maximum absolute atomic E-state index is 12.9. The fourth-order valence-corrected chi connectivity index (χ4v) is 11.0. The molecule has 0 aliphatic heterocycles. The SMILES string of the molecule is CCCCCCCCCCC(=O)OC[C@H](COP(=O)(O)OC[C@H](O)COP(=O)(O)OC[C@@H](COC(=O)CCCCCCCCCC)OC(=O)CCCCCCCCCCCCCCCCCC(C)C)OC(=O)CCCCCCCCCC. The molecule has 0 aliphatic rings. The van der Waals surface area contributed by atoms with Crippen LogP contribution in [0.3, 0.4) is 0 Å². The van der Waals surface area contributed by atoms with Crippen molar-refractivity contribution in [2.24, 2.45) is 5.92 Å². The van der Waals surface area contributed by atoms with Crippen LogP contribution in [0.2, 0.25) is 0 Å². The number of esters is 4. The average molecular weight is 1210 g/mol. The fourth-order valence-electron chi connectivity index (χ4n) is 9.41. The summed E-state index contributed by atoms with van der Waals surface area (Å²) in [6.45, 7) is 7.14. The molecule has 0 bridgehead atoms. The molecule has 82 heavy (non-hydrogen) atoms. The highest BCUT2D eigenvalue weighted by Gasteiger charge is 2.30. The minimum atomic E-state index is -4.94. The van der Waals surface area contributed by atoms with Crippen molar-refractivity contribution in [2.75, 3.05) is 39.6 Å². The molecule has 5 atom stereocenters. The molecular weight excluding hydrogens is 1090 g/mol. The van der Waals surface area contributed by atoms with Crippen molar-refractivity contribution in [3.05, 3.63) is 0 Å². The number of hydrogen-bond acceptors (Lipinski definition) is 15. The molecule has 486 valence electrons. The van der Waals surface area contributed by atoms with Gasteiger partial charge in [-0.2, -0.15) is 0 Å². The van der Waals surface area contributed by atoms with E-state index in [0.29, 0.717) is 25.7 Å². The van der Waals surface area contributed by atoms with E-state index in [4.69, 9.17) is 37.0 Å². The Hall–Kier alpha value is -1.94. The molecule has 0 aliphatic carbocycles. The van der Waals surface area contributed by atoms with Crippen molar-refractivity contribution < 1.29 is 80.2 Å². The van der Waals surface area contributed by atoms with E-state index in [1.165, 1.54) is 122 Å². The molecule has 17 nitrogen and oxygen atoms in total. The van der Waals surface area contributed by atoms with Crippen LogP contribution in [0.15, 0.2) is 0 Å². The van der Waals surface area contributed by atoms with Crippen molar-refractivity contribution >= 4 is 39.5 Å². The second-order valence-corrected chi connectivity index (χ2v) is 26.2. The highest BCUT2D eigenvalue weighted by Crippen LogP contribution is 2.45. The van der Waals surface area contributed by atoms with Gasteiger partial charge in [-0.15, -0.1) is 0 Å². The minimum Gasteiger partial charge on any atom is -0.462 e. The largest absolute Gasteiger partial charge is 0.472 e. The Morgan fingerprint density at radius 2 is 0.561 bits per heavy atom. The van der Waals surface area contributed by atoms with E-state index >= 15 is 0 Å². The van der Waals surface area contributed by atoms with Crippen LogP contribution < -0.4 is 0 Å². The van der Waals surface area contributed by atoms with Gasteiger partial charge in [-0.25, -0.2) is 9.13 Å². The van der Waals surface area contributed by atoms with Gasteiger partial charge in [0.1, 0.15) is 19.3 Å². The number of rotatable bonds is 63. The topological polar surface area (TPSA) is 237 Å². The molecule has 0 aromatic heterocycles. The van der Waals surface area contributed by atoms with Gasteiger partial charge in [0.2, 0.25) is 0 Å². The van der Waals surface area contributed by atoms with Crippen molar-refractivity contribution in [1.82, 2.24) is 0 Å². The summed E-state index contributed by atoms with van der Waals surface area (Å²) < 4.78 is 67.8. The Kier molecular flexibility index (Phi) is 55.5. The summed E-state index contributed by atoms with van der Waals surface area (Å²) in [4.78, 5) is 71.9. The van der Waals surface area contributed by atoms with Crippen LogP contribution >= 0.6 is 15.6 Å². The zero-order valence-corrected chi connectivity index (χ0v) is 54.4. The van der Waals surface area contributed by atoms with Crippen LogP contribution in [-0.2, 0) is 65.4 Å². The lowest BCUT2D eigenvalue weighted by molar-refractivity contribution is -0.161. The van der Waals surface area contributed by atoms with Crippen molar-refractivity contribution in [3.8, 4) is 0 Å². The van der Waals surface area contributed by atoms with Crippen LogP contribution in [0.4, 0.5) is 0 Å². The van der Waals surface area contributed by atoms with E-state index in [9.17, 15) is 43.2 Å². The Morgan fingerprint density at radius 3 is 0.829 bits per heavy atom. The molecular formula is C63H122O17P2. The summed E-state index contributed by atoms with van der Waals surface area (Å²) in [6, 6.07) is 0. The molecule has 0 aromatic rings. The molecule has 0 radical (unpaired) electrons. The first-order chi connectivity index (χ1) is 39.5. The van der Waals surface area contributed by atoms with E-state index < -0.39 is 97.5 Å². The zero-order valence-electron chi connectivity index (χ0n) is 52.6. The number of carbonyl (C=O) groups is 4. The highest BCUT2D eigenvalue weighted by molar-refractivity contribution is 7.47. The molecule has 19 heteroatoms. The van der Waals surface area contributed by atoms with E-state index in [-0.39, 0.29) is 25.7 Å². The van der Waals surface area contributed by atoms with Crippen molar-refractivity contribution in [1.29, 1.82) is 0 Å². The van der Waals surface area contributed by atoms with E-state index in [0.717, 1.165) is 115 Å². The predicted molar refractivity (Wildman–Crippen MR) is 326 cm³/mol. The summed E-state index contributed by atoms with van der Waals surface area (Å²) in [5.74, 6) is -1.34. The van der Waals surface area contributed by atoms with Gasteiger partial charge in [-0.05, 0) is 31.6 Å². The normalized spacial score (nSPS) is 14.3. The van der Waals surface area contributed by atoms with E-state index in [1.54, 1.807) is 0 Å².